The summed E-state index contributed by atoms with van der Waals surface area (Å²) in [4.78, 5) is 31.7. The van der Waals surface area contributed by atoms with E-state index in [1.807, 2.05) is 48.5 Å². The van der Waals surface area contributed by atoms with Crippen molar-refractivity contribution in [2.75, 3.05) is 6.54 Å². The standard InChI is InChI=1S/C23H27NO4S/c1-22(2,3)27-21(26)24-17-23(20(25)28-24,29-19-14-8-5-9-15-19)16-10-13-18-11-6-4-7-12-18/h4-9,11-12,14-15H,10,13,16-17H2,1-3H3/t23-/m0/s1. The maximum absolute atomic E-state index is 12.9. The smallest absolute Gasteiger partial charge is 0.442 e. The molecule has 2 aromatic rings. The van der Waals surface area contributed by atoms with Gasteiger partial charge in [-0.25, -0.2) is 9.59 Å². The molecule has 1 amide bonds. The lowest BCUT2D eigenvalue weighted by atomic mass is 9.99. The molecule has 29 heavy (non-hydrogen) atoms. The molecule has 0 bridgehead atoms. The van der Waals surface area contributed by atoms with Gasteiger partial charge >= 0.3 is 12.1 Å². The van der Waals surface area contributed by atoms with Gasteiger partial charge in [-0.1, -0.05) is 48.5 Å². The molecule has 154 valence electrons. The number of benzene rings is 2. The summed E-state index contributed by atoms with van der Waals surface area (Å²) < 4.78 is 4.53. The molecule has 1 fully saturated rings. The van der Waals surface area contributed by atoms with Crippen molar-refractivity contribution in [3.05, 3.63) is 66.2 Å². The van der Waals surface area contributed by atoms with Crippen molar-refractivity contribution in [1.29, 1.82) is 0 Å². The van der Waals surface area contributed by atoms with Gasteiger partial charge in [-0.15, -0.1) is 16.8 Å². The van der Waals surface area contributed by atoms with E-state index < -0.39 is 22.4 Å². The topological polar surface area (TPSA) is 55.8 Å². The van der Waals surface area contributed by atoms with E-state index in [4.69, 9.17) is 9.57 Å². The van der Waals surface area contributed by atoms with E-state index in [2.05, 4.69) is 12.1 Å². The van der Waals surface area contributed by atoms with Crippen LogP contribution in [0.3, 0.4) is 0 Å². The highest BCUT2D eigenvalue weighted by atomic mass is 32.2. The largest absolute Gasteiger partial charge is 0.443 e. The molecule has 1 heterocycles. The Hall–Kier alpha value is -2.47. The van der Waals surface area contributed by atoms with Crippen molar-refractivity contribution in [2.45, 2.75) is 55.3 Å². The molecule has 0 N–H and O–H groups in total. The maximum Gasteiger partial charge on any atom is 0.443 e. The predicted molar refractivity (Wildman–Crippen MR) is 113 cm³/mol. The van der Waals surface area contributed by atoms with Crippen molar-refractivity contribution >= 4 is 23.8 Å². The summed E-state index contributed by atoms with van der Waals surface area (Å²) in [5.41, 5.74) is 0.567. The molecule has 0 spiro atoms. The van der Waals surface area contributed by atoms with Crippen LogP contribution in [0, 0.1) is 0 Å². The first-order valence-corrected chi connectivity index (χ1v) is 10.6. The van der Waals surface area contributed by atoms with Crippen molar-refractivity contribution < 1.29 is 19.2 Å². The first kappa shape index (κ1) is 21.2. The quantitative estimate of drug-likeness (QED) is 0.647. The SMILES string of the molecule is CC(C)(C)OC(=O)N1C[C@](CCCc2ccccc2)(Sc2ccccc2)C(=O)O1. The van der Waals surface area contributed by atoms with Crippen LogP contribution in [0.4, 0.5) is 4.79 Å². The van der Waals surface area contributed by atoms with Crippen LogP contribution in [-0.4, -0.2) is 34.0 Å². The summed E-state index contributed by atoms with van der Waals surface area (Å²) in [6.07, 6.45) is 1.63. The highest BCUT2D eigenvalue weighted by molar-refractivity contribution is 8.01. The zero-order chi connectivity index (χ0) is 20.9. The Morgan fingerprint density at radius 3 is 2.34 bits per heavy atom. The van der Waals surface area contributed by atoms with Crippen LogP contribution in [0.25, 0.3) is 0 Å². The van der Waals surface area contributed by atoms with E-state index in [-0.39, 0.29) is 6.54 Å². The average Bonchev–Trinajstić information content (AvgIpc) is 2.99. The molecule has 6 heteroatoms. The molecule has 3 rings (SSSR count). The lowest BCUT2D eigenvalue weighted by Gasteiger charge is -2.25. The summed E-state index contributed by atoms with van der Waals surface area (Å²) in [7, 11) is 0. The molecule has 1 aliphatic heterocycles. The monoisotopic (exact) mass is 413 g/mol. The third-order valence-electron chi connectivity index (χ3n) is 4.51. The Bertz CT molecular complexity index is 835. The number of rotatable bonds is 6. The summed E-state index contributed by atoms with van der Waals surface area (Å²) >= 11 is 1.46. The van der Waals surface area contributed by atoms with Gasteiger partial charge in [0.15, 0.2) is 0 Å². The van der Waals surface area contributed by atoms with E-state index in [9.17, 15) is 9.59 Å². The van der Waals surface area contributed by atoms with Crippen LogP contribution in [0.2, 0.25) is 0 Å². The fraction of sp³-hybridized carbons (Fsp3) is 0.391. The second-order valence-corrected chi connectivity index (χ2v) is 9.60. The van der Waals surface area contributed by atoms with Crippen LogP contribution < -0.4 is 0 Å². The Kier molecular flexibility index (Phi) is 6.52. The molecule has 0 aromatic heterocycles. The van der Waals surface area contributed by atoms with Crippen LogP contribution in [-0.2, 0) is 20.8 Å². The first-order valence-electron chi connectivity index (χ1n) is 9.78. The second-order valence-electron chi connectivity index (χ2n) is 8.14. The van der Waals surface area contributed by atoms with Crippen molar-refractivity contribution in [1.82, 2.24) is 5.06 Å². The summed E-state index contributed by atoms with van der Waals surface area (Å²) in [5.74, 6) is -0.398. The van der Waals surface area contributed by atoms with E-state index >= 15 is 0 Å². The fourth-order valence-corrected chi connectivity index (χ4v) is 4.46. The number of amides is 1. The zero-order valence-corrected chi connectivity index (χ0v) is 17.9. The number of hydroxylamine groups is 2. The number of carbonyl (C=O) groups is 2. The number of carbonyl (C=O) groups excluding carboxylic acids is 2. The van der Waals surface area contributed by atoms with Gasteiger partial charge < -0.3 is 9.57 Å². The Morgan fingerprint density at radius 2 is 1.72 bits per heavy atom. The van der Waals surface area contributed by atoms with Crippen molar-refractivity contribution in [3.8, 4) is 0 Å². The van der Waals surface area contributed by atoms with Crippen LogP contribution in [0.5, 0.6) is 0 Å². The van der Waals surface area contributed by atoms with Crippen molar-refractivity contribution in [2.24, 2.45) is 0 Å². The Labute approximate surface area is 176 Å². The number of thioether (sulfide) groups is 1. The average molecular weight is 414 g/mol. The molecule has 5 nitrogen and oxygen atoms in total. The summed E-state index contributed by atoms with van der Waals surface area (Å²) in [5, 5.41) is 1.06. The molecular formula is C23H27NO4S. The normalized spacial score (nSPS) is 19.1. The van der Waals surface area contributed by atoms with Crippen LogP contribution in [0.15, 0.2) is 65.6 Å². The third-order valence-corrected chi connectivity index (χ3v) is 5.91. The van der Waals surface area contributed by atoms with Gasteiger partial charge in [0.25, 0.3) is 0 Å². The van der Waals surface area contributed by atoms with Gasteiger partial charge in [-0.05, 0) is 57.7 Å². The highest BCUT2D eigenvalue weighted by Gasteiger charge is 2.52. The van der Waals surface area contributed by atoms with Crippen LogP contribution >= 0.6 is 11.8 Å². The number of hydrogen-bond acceptors (Lipinski definition) is 5. The molecule has 0 aliphatic carbocycles. The minimum Gasteiger partial charge on any atom is -0.442 e. The first-order chi connectivity index (χ1) is 13.8. The molecular weight excluding hydrogens is 386 g/mol. The lowest BCUT2D eigenvalue weighted by molar-refractivity contribution is -0.166. The van der Waals surface area contributed by atoms with E-state index in [1.165, 1.54) is 17.3 Å². The third kappa shape index (κ3) is 5.76. The van der Waals surface area contributed by atoms with Gasteiger partial charge in [0.2, 0.25) is 0 Å². The number of aryl methyl sites for hydroxylation is 1. The summed E-state index contributed by atoms with van der Waals surface area (Å²) in [6, 6.07) is 19.9. The molecule has 1 aliphatic rings. The Morgan fingerprint density at radius 1 is 1.10 bits per heavy atom. The molecule has 0 radical (unpaired) electrons. The minimum absolute atomic E-state index is 0.162. The predicted octanol–water partition coefficient (Wildman–Crippen LogP) is 5.25. The number of hydrogen-bond donors (Lipinski definition) is 0. The van der Waals surface area contributed by atoms with Gasteiger partial charge in [0.05, 0.1) is 6.54 Å². The van der Waals surface area contributed by atoms with Gasteiger partial charge in [-0.3, -0.25) is 0 Å². The van der Waals surface area contributed by atoms with Gasteiger partial charge in [0, 0.05) is 4.90 Å². The number of nitrogens with zero attached hydrogens (tertiary/aromatic N) is 1. The van der Waals surface area contributed by atoms with Crippen LogP contribution in [0.1, 0.15) is 39.2 Å². The molecule has 0 unspecified atom stereocenters. The van der Waals surface area contributed by atoms with E-state index in [1.54, 1.807) is 20.8 Å². The Balaban J connectivity index is 1.75. The van der Waals surface area contributed by atoms with Crippen molar-refractivity contribution in [3.63, 3.8) is 0 Å². The fourth-order valence-electron chi connectivity index (χ4n) is 3.17. The maximum atomic E-state index is 12.9. The van der Waals surface area contributed by atoms with E-state index in [0.717, 1.165) is 22.8 Å². The second kappa shape index (κ2) is 8.91. The molecule has 0 saturated carbocycles. The lowest BCUT2D eigenvalue weighted by Crippen LogP contribution is -2.38. The van der Waals surface area contributed by atoms with Gasteiger partial charge in [0.1, 0.15) is 10.3 Å². The molecule has 1 atom stereocenters. The van der Waals surface area contributed by atoms with E-state index in [0.29, 0.717) is 6.42 Å². The highest BCUT2D eigenvalue weighted by Crippen LogP contribution is 2.42. The van der Waals surface area contributed by atoms with Gasteiger partial charge in [-0.2, -0.15) is 0 Å². The minimum atomic E-state index is -0.854. The number of ether oxygens (including phenoxy) is 1. The summed E-state index contributed by atoms with van der Waals surface area (Å²) in [6.45, 7) is 5.52. The molecule has 1 saturated heterocycles. The zero-order valence-electron chi connectivity index (χ0n) is 17.1. The molecule has 2 aromatic carbocycles.